The van der Waals surface area contributed by atoms with Crippen LogP contribution >= 0.6 is 11.3 Å². The summed E-state index contributed by atoms with van der Waals surface area (Å²) in [5, 5.41) is 11.4. The summed E-state index contributed by atoms with van der Waals surface area (Å²) in [6.45, 7) is 5.82. The molecule has 2 aromatic carbocycles. The quantitative estimate of drug-likeness (QED) is 0.395. The Morgan fingerprint density at radius 2 is 1.86 bits per heavy atom. The molecular formula is C24H29F3N4O4S2. The van der Waals surface area contributed by atoms with Crippen molar-refractivity contribution in [2.75, 3.05) is 52.4 Å². The molecule has 1 aliphatic rings. The summed E-state index contributed by atoms with van der Waals surface area (Å²) in [6.07, 6.45) is -5.28. The summed E-state index contributed by atoms with van der Waals surface area (Å²) in [4.78, 5) is 8.22. The molecule has 2 heterocycles. The highest BCUT2D eigenvalue weighted by Crippen LogP contribution is 2.30. The first-order valence-electron chi connectivity index (χ1n) is 11.8. The number of nitrogens with one attached hydrogen (secondary N) is 1. The maximum atomic E-state index is 12.9. The van der Waals surface area contributed by atoms with Gasteiger partial charge in [0.1, 0.15) is 18.5 Å². The molecular weight excluding hydrogens is 529 g/mol. The van der Waals surface area contributed by atoms with E-state index in [1.54, 1.807) is 11.3 Å². The van der Waals surface area contributed by atoms with Crippen molar-refractivity contribution in [2.45, 2.75) is 24.1 Å². The topological polar surface area (TPSA) is 95.0 Å². The number of nitrogens with zero attached hydrogens (tertiary/aromatic N) is 3. The van der Waals surface area contributed by atoms with Gasteiger partial charge in [-0.2, -0.15) is 13.2 Å². The number of sulfonamides is 1. The lowest BCUT2D eigenvalue weighted by Gasteiger charge is -2.35. The van der Waals surface area contributed by atoms with E-state index in [-0.39, 0.29) is 13.2 Å². The minimum absolute atomic E-state index is 0.0812. The van der Waals surface area contributed by atoms with Crippen LogP contribution in [0.5, 0.6) is 5.75 Å². The molecule has 1 atom stereocenters. The molecule has 0 radical (unpaired) electrons. The number of thiazole rings is 1. The summed E-state index contributed by atoms with van der Waals surface area (Å²) in [6, 6.07) is 9.39. The van der Waals surface area contributed by atoms with Crippen LogP contribution in [0, 0.1) is 6.92 Å². The minimum Gasteiger partial charge on any atom is -0.491 e. The lowest BCUT2D eigenvalue weighted by Crippen LogP contribution is -2.50. The third-order valence-electron chi connectivity index (χ3n) is 6.03. The number of aliphatic hydroxyl groups excluding tert-OH is 1. The zero-order valence-corrected chi connectivity index (χ0v) is 21.9. The first-order valence-corrected chi connectivity index (χ1v) is 14.1. The number of aromatic nitrogens is 1. The Bertz CT molecular complexity index is 1310. The molecule has 0 spiro atoms. The van der Waals surface area contributed by atoms with Crippen LogP contribution in [0.1, 0.15) is 10.6 Å². The molecule has 3 aromatic rings. The van der Waals surface area contributed by atoms with E-state index in [9.17, 15) is 26.7 Å². The summed E-state index contributed by atoms with van der Waals surface area (Å²) >= 11 is 1.62. The number of rotatable bonds is 10. The molecule has 13 heteroatoms. The van der Waals surface area contributed by atoms with Gasteiger partial charge in [-0.15, -0.1) is 11.3 Å². The van der Waals surface area contributed by atoms with Gasteiger partial charge in [-0.25, -0.2) is 18.1 Å². The normalized spacial score (nSPS) is 16.8. The molecule has 1 fully saturated rings. The fraction of sp³-hybridized carbons (Fsp3) is 0.458. The molecule has 1 saturated heterocycles. The monoisotopic (exact) mass is 558 g/mol. The molecule has 37 heavy (non-hydrogen) atoms. The molecule has 1 aliphatic heterocycles. The molecule has 1 aromatic heterocycles. The molecule has 2 N–H and O–H groups in total. The van der Waals surface area contributed by atoms with Gasteiger partial charge in [0, 0.05) is 51.9 Å². The predicted molar refractivity (Wildman–Crippen MR) is 135 cm³/mol. The van der Waals surface area contributed by atoms with E-state index in [1.807, 2.05) is 25.1 Å². The van der Waals surface area contributed by atoms with Crippen molar-refractivity contribution < 1.29 is 31.4 Å². The van der Waals surface area contributed by atoms with Gasteiger partial charge in [0.05, 0.1) is 25.7 Å². The lowest BCUT2D eigenvalue weighted by molar-refractivity contribution is -0.137. The van der Waals surface area contributed by atoms with Crippen LogP contribution in [-0.2, 0) is 16.2 Å². The van der Waals surface area contributed by atoms with Gasteiger partial charge >= 0.3 is 6.18 Å². The van der Waals surface area contributed by atoms with Crippen molar-refractivity contribution in [3.8, 4) is 5.75 Å². The maximum absolute atomic E-state index is 12.9. The van der Waals surface area contributed by atoms with Gasteiger partial charge in [-0.3, -0.25) is 9.80 Å². The number of aryl methyl sites for hydroxylation is 1. The summed E-state index contributed by atoms with van der Waals surface area (Å²) in [5.41, 5.74) is -0.127. The third-order valence-corrected chi connectivity index (χ3v) is 8.44. The number of hydrogen-bond donors (Lipinski definition) is 2. The van der Waals surface area contributed by atoms with Crippen molar-refractivity contribution in [3.05, 3.63) is 53.0 Å². The van der Waals surface area contributed by atoms with Crippen LogP contribution < -0.4 is 9.46 Å². The summed E-state index contributed by atoms with van der Waals surface area (Å²) in [5.74, 6) is 0.661. The zero-order chi connectivity index (χ0) is 26.6. The Labute approximate surface area is 217 Å². The fourth-order valence-electron chi connectivity index (χ4n) is 4.11. The lowest BCUT2D eigenvalue weighted by atomic mass is 10.2. The molecule has 0 unspecified atom stereocenters. The first kappa shape index (κ1) is 27.7. The van der Waals surface area contributed by atoms with Gasteiger partial charge in [0.2, 0.25) is 10.0 Å². The second-order valence-electron chi connectivity index (χ2n) is 8.89. The highest BCUT2D eigenvalue weighted by Gasteiger charge is 2.31. The third kappa shape index (κ3) is 7.62. The molecule has 8 nitrogen and oxygen atoms in total. The van der Waals surface area contributed by atoms with Gasteiger partial charge in [-0.1, -0.05) is 6.07 Å². The highest BCUT2D eigenvalue weighted by atomic mass is 32.2. The molecule has 202 valence electrons. The van der Waals surface area contributed by atoms with E-state index in [4.69, 9.17) is 4.74 Å². The molecule has 0 aliphatic carbocycles. The van der Waals surface area contributed by atoms with Crippen LogP contribution in [0.25, 0.3) is 10.2 Å². The first-order chi connectivity index (χ1) is 17.5. The highest BCUT2D eigenvalue weighted by molar-refractivity contribution is 7.89. The SMILES string of the molecule is Cc1nc2cc(OC[C@H](O)CN3CCN(CCNS(=O)(=O)c4cccc(C(F)(F)F)c4)CC3)ccc2s1. The Morgan fingerprint density at radius 1 is 1.14 bits per heavy atom. The fourth-order valence-corrected chi connectivity index (χ4v) is 5.99. The Morgan fingerprint density at radius 3 is 2.59 bits per heavy atom. The number of halogens is 3. The Kier molecular flexibility index (Phi) is 8.71. The van der Waals surface area contributed by atoms with E-state index < -0.39 is 32.8 Å². The van der Waals surface area contributed by atoms with Crippen molar-refractivity contribution in [1.82, 2.24) is 19.5 Å². The zero-order valence-electron chi connectivity index (χ0n) is 20.2. The average molecular weight is 559 g/mol. The van der Waals surface area contributed by atoms with Crippen molar-refractivity contribution in [2.24, 2.45) is 0 Å². The van der Waals surface area contributed by atoms with Crippen molar-refractivity contribution in [1.29, 1.82) is 0 Å². The van der Waals surface area contributed by atoms with Crippen LogP contribution in [0.2, 0.25) is 0 Å². The van der Waals surface area contributed by atoms with Crippen LogP contribution in [0.15, 0.2) is 47.4 Å². The number of alkyl halides is 3. The van der Waals surface area contributed by atoms with E-state index >= 15 is 0 Å². The van der Waals surface area contributed by atoms with Crippen molar-refractivity contribution in [3.63, 3.8) is 0 Å². The van der Waals surface area contributed by atoms with Gasteiger partial charge in [0.25, 0.3) is 0 Å². The predicted octanol–water partition coefficient (Wildman–Crippen LogP) is 2.96. The standard InChI is InChI=1S/C24H29F3N4O4S2/c1-17-29-22-14-20(5-6-23(22)36-17)35-16-19(32)15-31-11-9-30(10-12-31)8-7-28-37(33,34)21-4-2-3-18(13-21)24(25,26)27/h2-6,13-14,19,28,32H,7-12,15-16H2,1H3/t19-/m1/s1. The number of β-amino-alcohol motifs (C(OH)–C–C–N with tert-alkyl or cyclic N) is 1. The summed E-state index contributed by atoms with van der Waals surface area (Å²) < 4.78 is 72.7. The average Bonchev–Trinajstić information content (AvgIpc) is 3.22. The molecule has 4 rings (SSSR count). The maximum Gasteiger partial charge on any atom is 0.416 e. The van der Waals surface area contributed by atoms with Crippen molar-refractivity contribution >= 4 is 31.6 Å². The van der Waals surface area contributed by atoms with Crippen LogP contribution in [-0.4, -0.2) is 86.8 Å². The molecule has 0 amide bonds. The second-order valence-corrected chi connectivity index (χ2v) is 11.9. The van der Waals surface area contributed by atoms with Crippen LogP contribution in [0.3, 0.4) is 0 Å². The Hall–Kier alpha value is -2.29. The van der Waals surface area contributed by atoms with E-state index in [2.05, 4.69) is 19.5 Å². The van der Waals surface area contributed by atoms with Gasteiger partial charge in [-0.05, 0) is 37.3 Å². The summed E-state index contributed by atoms with van der Waals surface area (Å²) in [7, 11) is -4.05. The van der Waals surface area contributed by atoms with E-state index in [1.165, 1.54) is 0 Å². The second kappa shape index (κ2) is 11.6. The largest absolute Gasteiger partial charge is 0.491 e. The Balaban J connectivity index is 1.16. The number of ether oxygens (including phenoxy) is 1. The number of benzene rings is 2. The van der Waals surface area contributed by atoms with E-state index in [0.29, 0.717) is 51.1 Å². The van der Waals surface area contributed by atoms with Gasteiger partial charge in [0.15, 0.2) is 0 Å². The number of piperazine rings is 1. The van der Waals surface area contributed by atoms with E-state index in [0.717, 1.165) is 33.4 Å². The smallest absolute Gasteiger partial charge is 0.416 e. The minimum atomic E-state index is -4.61. The molecule has 0 bridgehead atoms. The van der Waals surface area contributed by atoms with Crippen LogP contribution in [0.4, 0.5) is 13.2 Å². The number of aliphatic hydroxyl groups is 1. The molecule has 0 saturated carbocycles. The number of fused-ring (bicyclic) bond motifs is 1. The number of hydrogen-bond acceptors (Lipinski definition) is 8. The van der Waals surface area contributed by atoms with Gasteiger partial charge < -0.3 is 9.84 Å².